The van der Waals surface area contributed by atoms with Crippen molar-refractivity contribution < 1.29 is 14.4 Å². The normalized spacial score (nSPS) is 22.1. The van der Waals surface area contributed by atoms with Gasteiger partial charge < -0.3 is 10.1 Å². The van der Waals surface area contributed by atoms with Gasteiger partial charge in [-0.05, 0) is 27.2 Å². The van der Waals surface area contributed by atoms with Gasteiger partial charge in [-0.3, -0.25) is 4.84 Å². The molecule has 0 bridgehead atoms. The van der Waals surface area contributed by atoms with Crippen molar-refractivity contribution in [1.82, 2.24) is 10.8 Å². The lowest BCUT2D eigenvalue weighted by Crippen LogP contribution is -2.37. The Morgan fingerprint density at radius 3 is 2.86 bits per heavy atom. The first-order valence-corrected chi connectivity index (χ1v) is 4.83. The fourth-order valence-electron chi connectivity index (χ4n) is 1.11. The number of carbonyl (C=O) groups is 1. The molecule has 82 valence electrons. The van der Waals surface area contributed by atoms with E-state index in [9.17, 15) is 4.79 Å². The van der Waals surface area contributed by atoms with Crippen LogP contribution in [0.5, 0.6) is 0 Å². The predicted molar refractivity (Wildman–Crippen MR) is 51.7 cm³/mol. The lowest BCUT2D eigenvalue weighted by molar-refractivity contribution is 0.0253. The lowest BCUT2D eigenvalue weighted by atomic mass is 10.2. The summed E-state index contributed by atoms with van der Waals surface area (Å²) >= 11 is 0. The minimum absolute atomic E-state index is 0.0579. The SMILES string of the molecule is CC(C)(C)OC(=O)NCC1CCNO1. The van der Waals surface area contributed by atoms with E-state index in [0.29, 0.717) is 6.54 Å². The van der Waals surface area contributed by atoms with E-state index in [1.165, 1.54) is 0 Å². The number of hydroxylamine groups is 1. The van der Waals surface area contributed by atoms with E-state index in [1.807, 2.05) is 20.8 Å². The van der Waals surface area contributed by atoms with Gasteiger partial charge >= 0.3 is 6.09 Å². The molecule has 1 aliphatic rings. The molecule has 1 atom stereocenters. The Labute approximate surface area is 84.1 Å². The van der Waals surface area contributed by atoms with Crippen molar-refractivity contribution in [2.75, 3.05) is 13.1 Å². The van der Waals surface area contributed by atoms with Crippen molar-refractivity contribution in [3.63, 3.8) is 0 Å². The first-order valence-electron chi connectivity index (χ1n) is 4.83. The van der Waals surface area contributed by atoms with Crippen molar-refractivity contribution in [2.45, 2.75) is 38.9 Å². The average molecular weight is 202 g/mol. The van der Waals surface area contributed by atoms with Crippen LogP contribution in [0.15, 0.2) is 0 Å². The van der Waals surface area contributed by atoms with Crippen molar-refractivity contribution in [1.29, 1.82) is 0 Å². The maximum absolute atomic E-state index is 11.2. The van der Waals surface area contributed by atoms with Gasteiger partial charge in [-0.1, -0.05) is 0 Å². The van der Waals surface area contributed by atoms with Gasteiger partial charge in [0.15, 0.2) is 0 Å². The smallest absolute Gasteiger partial charge is 0.407 e. The topological polar surface area (TPSA) is 59.6 Å². The molecule has 14 heavy (non-hydrogen) atoms. The summed E-state index contributed by atoms with van der Waals surface area (Å²) in [6.07, 6.45) is 0.575. The summed E-state index contributed by atoms with van der Waals surface area (Å²) in [6.45, 7) is 6.82. The molecule has 1 saturated heterocycles. The molecule has 5 nitrogen and oxygen atoms in total. The number of alkyl carbamates (subject to hydrolysis) is 1. The molecule has 0 spiro atoms. The maximum atomic E-state index is 11.2. The monoisotopic (exact) mass is 202 g/mol. The number of amides is 1. The Hall–Kier alpha value is -0.810. The van der Waals surface area contributed by atoms with Crippen LogP contribution in [-0.2, 0) is 9.57 Å². The van der Waals surface area contributed by atoms with E-state index in [0.717, 1.165) is 13.0 Å². The zero-order chi connectivity index (χ0) is 10.6. The van der Waals surface area contributed by atoms with Crippen LogP contribution in [0.4, 0.5) is 4.79 Å². The fraction of sp³-hybridized carbons (Fsp3) is 0.889. The Bertz CT molecular complexity index is 195. The van der Waals surface area contributed by atoms with Gasteiger partial charge in [0.1, 0.15) is 5.60 Å². The molecule has 1 heterocycles. The summed E-state index contributed by atoms with van der Waals surface area (Å²) in [5, 5.41) is 2.65. The molecule has 2 N–H and O–H groups in total. The van der Waals surface area contributed by atoms with Crippen molar-refractivity contribution in [2.24, 2.45) is 0 Å². The summed E-state index contributed by atoms with van der Waals surface area (Å²) in [7, 11) is 0. The highest BCUT2D eigenvalue weighted by Crippen LogP contribution is 2.07. The van der Waals surface area contributed by atoms with E-state index >= 15 is 0 Å². The Kier molecular flexibility index (Phi) is 3.71. The molecule has 0 aromatic carbocycles. The first kappa shape index (κ1) is 11.3. The standard InChI is InChI=1S/C9H18N2O3/c1-9(2,3)13-8(12)10-6-7-4-5-11-14-7/h7,11H,4-6H2,1-3H3,(H,10,12). The van der Waals surface area contributed by atoms with Gasteiger partial charge in [-0.2, -0.15) is 0 Å². The number of nitrogens with one attached hydrogen (secondary N) is 2. The van der Waals surface area contributed by atoms with Crippen LogP contribution in [0, 0.1) is 0 Å². The molecule has 0 aromatic heterocycles. The molecule has 1 aliphatic heterocycles. The molecule has 1 rings (SSSR count). The van der Waals surface area contributed by atoms with Crippen LogP contribution in [0.2, 0.25) is 0 Å². The van der Waals surface area contributed by atoms with Gasteiger partial charge in [0.2, 0.25) is 0 Å². The van der Waals surface area contributed by atoms with Crippen LogP contribution in [0.3, 0.4) is 0 Å². The molecular formula is C9H18N2O3. The number of hydrogen-bond acceptors (Lipinski definition) is 4. The molecule has 0 aliphatic carbocycles. The van der Waals surface area contributed by atoms with Gasteiger partial charge in [-0.15, -0.1) is 0 Å². The minimum atomic E-state index is -0.446. The van der Waals surface area contributed by atoms with E-state index in [4.69, 9.17) is 9.57 Å². The van der Waals surface area contributed by atoms with Gasteiger partial charge in [0.25, 0.3) is 0 Å². The zero-order valence-corrected chi connectivity index (χ0v) is 8.92. The Morgan fingerprint density at radius 2 is 2.36 bits per heavy atom. The average Bonchev–Trinajstić information content (AvgIpc) is 2.49. The summed E-state index contributed by atoms with van der Waals surface area (Å²) in [5.41, 5.74) is 2.31. The van der Waals surface area contributed by atoms with E-state index in [1.54, 1.807) is 0 Å². The number of ether oxygens (including phenoxy) is 1. The van der Waals surface area contributed by atoms with Crippen molar-refractivity contribution in [3.8, 4) is 0 Å². The summed E-state index contributed by atoms with van der Waals surface area (Å²) in [4.78, 5) is 16.3. The van der Waals surface area contributed by atoms with Crippen molar-refractivity contribution in [3.05, 3.63) is 0 Å². The third-order valence-corrected chi connectivity index (χ3v) is 1.69. The number of hydrogen-bond donors (Lipinski definition) is 2. The molecule has 1 unspecified atom stereocenters. The largest absolute Gasteiger partial charge is 0.444 e. The second-order valence-electron chi connectivity index (χ2n) is 4.31. The van der Waals surface area contributed by atoms with Crippen LogP contribution in [-0.4, -0.2) is 30.9 Å². The zero-order valence-electron chi connectivity index (χ0n) is 8.92. The third kappa shape index (κ3) is 4.43. The second-order valence-corrected chi connectivity index (χ2v) is 4.31. The first-order chi connectivity index (χ1) is 6.47. The third-order valence-electron chi connectivity index (χ3n) is 1.69. The minimum Gasteiger partial charge on any atom is -0.444 e. The lowest BCUT2D eigenvalue weighted by Gasteiger charge is -2.20. The predicted octanol–water partition coefficient (Wildman–Crippen LogP) is 0.805. The van der Waals surface area contributed by atoms with E-state index in [2.05, 4.69) is 10.8 Å². The molecule has 1 amide bonds. The van der Waals surface area contributed by atoms with Crippen LogP contribution in [0.1, 0.15) is 27.2 Å². The number of carbonyl (C=O) groups excluding carboxylic acids is 1. The van der Waals surface area contributed by atoms with Crippen LogP contribution >= 0.6 is 0 Å². The summed E-state index contributed by atoms with van der Waals surface area (Å²) < 4.78 is 5.07. The van der Waals surface area contributed by atoms with Crippen LogP contribution in [0.25, 0.3) is 0 Å². The molecule has 1 fully saturated rings. The van der Waals surface area contributed by atoms with Crippen molar-refractivity contribution >= 4 is 6.09 Å². The number of rotatable bonds is 2. The highest BCUT2D eigenvalue weighted by atomic mass is 16.7. The van der Waals surface area contributed by atoms with E-state index in [-0.39, 0.29) is 6.10 Å². The highest BCUT2D eigenvalue weighted by Gasteiger charge is 2.19. The maximum Gasteiger partial charge on any atom is 0.407 e. The van der Waals surface area contributed by atoms with Gasteiger partial charge in [0.05, 0.1) is 6.10 Å². The quantitative estimate of drug-likeness (QED) is 0.695. The Morgan fingerprint density at radius 1 is 1.64 bits per heavy atom. The van der Waals surface area contributed by atoms with Crippen LogP contribution < -0.4 is 10.8 Å². The molecule has 5 heteroatoms. The molecular weight excluding hydrogens is 184 g/mol. The van der Waals surface area contributed by atoms with Gasteiger partial charge in [0, 0.05) is 13.1 Å². The van der Waals surface area contributed by atoms with Gasteiger partial charge in [-0.25, -0.2) is 10.3 Å². The summed E-state index contributed by atoms with van der Waals surface area (Å²) in [6, 6.07) is 0. The van der Waals surface area contributed by atoms with E-state index < -0.39 is 11.7 Å². The summed E-state index contributed by atoms with van der Waals surface area (Å²) in [5.74, 6) is 0. The fourth-order valence-corrected chi connectivity index (χ4v) is 1.11. The second kappa shape index (κ2) is 4.61. The Balaban J connectivity index is 2.14. The molecule has 0 aromatic rings. The highest BCUT2D eigenvalue weighted by molar-refractivity contribution is 5.67. The molecule has 0 saturated carbocycles. The molecule has 0 radical (unpaired) electrons.